The molecule has 8 heteroatoms. The van der Waals surface area contributed by atoms with E-state index in [0.717, 1.165) is 5.56 Å². The van der Waals surface area contributed by atoms with Crippen LogP contribution in [0.1, 0.15) is 37.2 Å². The lowest BCUT2D eigenvalue weighted by atomic mass is 10.0. The molecular weight excluding hydrogens is 336 g/mol. The summed E-state index contributed by atoms with van der Waals surface area (Å²) in [6.07, 6.45) is 0.671. The summed E-state index contributed by atoms with van der Waals surface area (Å²) < 4.78 is 16.4. The van der Waals surface area contributed by atoms with Gasteiger partial charge in [-0.2, -0.15) is 0 Å². The molecule has 1 aromatic carbocycles. The smallest absolute Gasteiger partial charge is 0.244 e. The molecule has 2 aromatic rings. The molecule has 0 N–H and O–H groups in total. The van der Waals surface area contributed by atoms with Gasteiger partial charge in [0.1, 0.15) is 6.04 Å². The first-order valence-electron chi connectivity index (χ1n) is 8.69. The molecule has 0 aliphatic carbocycles. The van der Waals surface area contributed by atoms with E-state index in [0.29, 0.717) is 36.2 Å². The van der Waals surface area contributed by atoms with Gasteiger partial charge in [0.15, 0.2) is 11.5 Å². The molecule has 1 atom stereocenters. The van der Waals surface area contributed by atoms with E-state index in [4.69, 9.17) is 13.9 Å². The number of amides is 1. The molecule has 140 valence electrons. The maximum atomic E-state index is 13.2. The molecular formula is C18H24N4O4. The molecule has 2 heterocycles. The molecule has 0 fully saturated rings. The normalized spacial score (nSPS) is 13.9. The van der Waals surface area contributed by atoms with Gasteiger partial charge in [-0.15, -0.1) is 10.2 Å². The van der Waals surface area contributed by atoms with E-state index in [1.165, 1.54) is 0 Å². The number of ether oxygens (including phenoxy) is 2. The highest BCUT2D eigenvalue weighted by Gasteiger charge is 2.29. The van der Waals surface area contributed by atoms with Crippen LogP contribution in [0.25, 0.3) is 0 Å². The van der Waals surface area contributed by atoms with Gasteiger partial charge in [-0.05, 0) is 38.7 Å². The molecule has 0 bridgehead atoms. The van der Waals surface area contributed by atoms with Gasteiger partial charge in [0.2, 0.25) is 24.5 Å². The maximum absolute atomic E-state index is 13.2. The summed E-state index contributed by atoms with van der Waals surface area (Å²) in [5.41, 5.74) is 0.850. The van der Waals surface area contributed by atoms with E-state index in [2.05, 4.69) is 10.2 Å². The van der Waals surface area contributed by atoms with Crippen molar-refractivity contribution in [3.8, 4) is 11.5 Å². The Hall–Kier alpha value is -2.61. The molecule has 0 spiro atoms. The van der Waals surface area contributed by atoms with Crippen molar-refractivity contribution in [2.45, 2.75) is 32.9 Å². The van der Waals surface area contributed by atoms with Crippen LogP contribution in [0.4, 0.5) is 0 Å². The Labute approximate surface area is 152 Å². The second-order valence-corrected chi connectivity index (χ2v) is 6.27. The van der Waals surface area contributed by atoms with E-state index in [9.17, 15) is 4.79 Å². The number of hydrogen-bond acceptors (Lipinski definition) is 7. The van der Waals surface area contributed by atoms with Crippen LogP contribution in [-0.4, -0.2) is 53.3 Å². The third-order valence-electron chi connectivity index (χ3n) is 4.29. The fourth-order valence-electron chi connectivity index (χ4n) is 2.92. The number of carbonyl (C=O) groups excluding carboxylic acids is 1. The van der Waals surface area contributed by atoms with Crippen LogP contribution in [0, 0.1) is 0 Å². The Morgan fingerprint density at radius 2 is 1.88 bits per heavy atom. The summed E-state index contributed by atoms with van der Waals surface area (Å²) in [5.74, 6) is 2.34. The summed E-state index contributed by atoms with van der Waals surface area (Å²) in [6.45, 7) is 4.91. The Balaban J connectivity index is 1.82. The molecule has 1 aliphatic rings. The Morgan fingerprint density at radius 3 is 2.54 bits per heavy atom. The predicted octanol–water partition coefficient (Wildman–Crippen LogP) is 2.01. The van der Waals surface area contributed by atoms with Crippen molar-refractivity contribution < 1.29 is 18.7 Å². The van der Waals surface area contributed by atoms with Gasteiger partial charge in [-0.25, -0.2) is 0 Å². The number of fused-ring (bicyclic) bond motifs is 1. The van der Waals surface area contributed by atoms with Crippen LogP contribution in [0.3, 0.4) is 0 Å². The topological polar surface area (TPSA) is 80.9 Å². The summed E-state index contributed by atoms with van der Waals surface area (Å²) in [4.78, 5) is 16.8. The standard InChI is InChI=1S/C18H24N4O4/c1-5-15-19-20-16(26-15)10-22(6-2)18(23)17(21(3)4)12-7-8-13-14(9-12)25-11-24-13/h7-9,17H,5-6,10-11H2,1-4H3. The first-order chi connectivity index (χ1) is 12.5. The van der Waals surface area contributed by atoms with E-state index in [-0.39, 0.29) is 19.2 Å². The number of hydrogen-bond donors (Lipinski definition) is 0. The SMILES string of the molecule is CCc1nnc(CN(CC)C(=O)C(c2ccc3c(c2)OCO3)N(C)C)o1. The Morgan fingerprint density at radius 1 is 1.15 bits per heavy atom. The minimum absolute atomic E-state index is 0.0346. The van der Waals surface area contributed by atoms with Gasteiger partial charge in [-0.1, -0.05) is 13.0 Å². The molecule has 1 aliphatic heterocycles. The van der Waals surface area contributed by atoms with Crippen molar-refractivity contribution in [3.63, 3.8) is 0 Å². The van der Waals surface area contributed by atoms with Crippen molar-refractivity contribution in [1.29, 1.82) is 0 Å². The average molecular weight is 360 g/mol. The zero-order valence-corrected chi connectivity index (χ0v) is 15.6. The largest absolute Gasteiger partial charge is 0.454 e. The summed E-state index contributed by atoms with van der Waals surface area (Å²) in [7, 11) is 3.76. The van der Waals surface area contributed by atoms with Crippen LogP contribution >= 0.6 is 0 Å². The van der Waals surface area contributed by atoms with Gasteiger partial charge in [0.05, 0.1) is 6.54 Å². The van der Waals surface area contributed by atoms with Crippen molar-refractivity contribution in [1.82, 2.24) is 20.0 Å². The average Bonchev–Trinajstić information content (AvgIpc) is 3.27. The lowest BCUT2D eigenvalue weighted by Gasteiger charge is -2.29. The third-order valence-corrected chi connectivity index (χ3v) is 4.29. The molecule has 0 radical (unpaired) electrons. The number of aromatic nitrogens is 2. The second kappa shape index (κ2) is 7.74. The van der Waals surface area contributed by atoms with Crippen LogP contribution in [0.5, 0.6) is 11.5 Å². The highest BCUT2D eigenvalue weighted by Crippen LogP contribution is 2.35. The van der Waals surface area contributed by atoms with E-state index >= 15 is 0 Å². The molecule has 0 saturated heterocycles. The summed E-state index contributed by atoms with van der Waals surface area (Å²) in [5, 5.41) is 7.98. The van der Waals surface area contributed by atoms with Gasteiger partial charge >= 0.3 is 0 Å². The van der Waals surface area contributed by atoms with E-state index in [1.807, 2.05) is 51.0 Å². The first kappa shape index (κ1) is 18.2. The quantitative estimate of drug-likeness (QED) is 0.747. The number of benzene rings is 1. The minimum Gasteiger partial charge on any atom is -0.454 e. The summed E-state index contributed by atoms with van der Waals surface area (Å²) >= 11 is 0. The van der Waals surface area contributed by atoms with Crippen molar-refractivity contribution >= 4 is 5.91 Å². The zero-order chi connectivity index (χ0) is 18.7. The number of nitrogens with zero attached hydrogens (tertiary/aromatic N) is 4. The Kier molecular flexibility index (Phi) is 5.41. The summed E-state index contributed by atoms with van der Waals surface area (Å²) in [6, 6.07) is 5.15. The van der Waals surface area contributed by atoms with E-state index in [1.54, 1.807) is 4.90 Å². The number of carbonyl (C=O) groups is 1. The fourth-order valence-corrected chi connectivity index (χ4v) is 2.92. The van der Waals surface area contributed by atoms with E-state index < -0.39 is 6.04 Å². The first-order valence-corrected chi connectivity index (χ1v) is 8.69. The third kappa shape index (κ3) is 3.65. The van der Waals surface area contributed by atoms with Crippen molar-refractivity contribution in [2.75, 3.05) is 27.4 Å². The van der Waals surface area contributed by atoms with Crippen LogP contribution in [0.2, 0.25) is 0 Å². The molecule has 3 rings (SSSR count). The maximum Gasteiger partial charge on any atom is 0.244 e. The van der Waals surface area contributed by atoms with Crippen LogP contribution in [0.15, 0.2) is 22.6 Å². The second-order valence-electron chi connectivity index (χ2n) is 6.27. The predicted molar refractivity (Wildman–Crippen MR) is 93.8 cm³/mol. The molecule has 1 unspecified atom stereocenters. The van der Waals surface area contributed by atoms with Gasteiger partial charge in [0, 0.05) is 13.0 Å². The number of rotatable bonds is 7. The highest BCUT2D eigenvalue weighted by molar-refractivity contribution is 5.83. The molecule has 1 amide bonds. The molecule has 0 saturated carbocycles. The van der Waals surface area contributed by atoms with Gasteiger partial charge in [0.25, 0.3) is 0 Å². The number of likely N-dealkylation sites (N-methyl/N-ethyl adjacent to an activating group) is 2. The highest BCUT2D eigenvalue weighted by atomic mass is 16.7. The van der Waals surface area contributed by atoms with Crippen LogP contribution in [-0.2, 0) is 17.8 Å². The minimum atomic E-state index is -0.446. The Bertz CT molecular complexity index is 774. The molecule has 8 nitrogen and oxygen atoms in total. The van der Waals surface area contributed by atoms with Crippen LogP contribution < -0.4 is 9.47 Å². The van der Waals surface area contributed by atoms with Gasteiger partial charge < -0.3 is 18.8 Å². The monoisotopic (exact) mass is 360 g/mol. The lowest BCUT2D eigenvalue weighted by molar-refractivity contribution is -0.137. The van der Waals surface area contributed by atoms with Crippen molar-refractivity contribution in [3.05, 3.63) is 35.5 Å². The fraction of sp³-hybridized carbons (Fsp3) is 0.500. The lowest BCUT2D eigenvalue weighted by Crippen LogP contribution is -2.40. The van der Waals surface area contributed by atoms with Crippen molar-refractivity contribution in [2.24, 2.45) is 0 Å². The molecule has 1 aromatic heterocycles. The zero-order valence-electron chi connectivity index (χ0n) is 15.6. The number of aryl methyl sites for hydroxylation is 1. The van der Waals surface area contributed by atoms with Gasteiger partial charge in [-0.3, -0.25) is 9.69 Å². The molecule has 26 heavy (non-hydrogen) atoms.